The van der Waals surface area contributed by atoms with Crippen LogP contribution in [-0.4, -0.2) is 48.1 Å². The number of piperidine rings is 1. The Labute approximate surface area is 98.2 Å². The summed E-state index contributed by atoms with van der Waals surface area (Å²) in [7, 11) is 2.10. The first-order chi connectivity index (χ1) is 7.22. The third-order valence-electron chi connectivity index (χ3n) is 3.77. The summed E-state index contributed by atoms with van der Waals surface area (Å²) in [4.78, 5) is 2.67. The SMILES string of the molecule is CNC1CCCN(CC2(C)CCCS2)C1. The monoisotopic (exact) mass is 228 g/mol. The molecule has 0 aromatic carbocycles. The van der Waals surface area contributed by atoms with Crippen LogP contribution < -0.4 is 5.32 Å². The van der Waals surface area contributed by atoms with Crippen LogP contribution in [0.3, 0.4) is 0 Å². The molecular weight excluding hydrogens is 204 g/mol. The Bertz CT molecular complexity index is 202. The van der Waals surface area contributed by atoms with Crippen molar-refractivity contribution in [2.75, 3.05) is 32.4 Å². The van der Waals surface area contributed by atoms with E-state index in [2.05, 4.69) is 35.9 Å². The number of nitrogens with one attached hydrogen (secondary N) is 1. The van der Waals surface area contributed by atoms with Crippen molar-refractivity contribution in [3.63, 3.8) is 0 Å². The van der Waals surface area contributed by atoms with Gasteiger partial charge in [0.25, 0.3) is 0 Å². The largest absolute Gasteiger partial charge is 0.316 e. The van der Waals surface area contributed by atoms with E-state index in [-0.39, 0.29) is 0 Å². The van der Waals surface area contributed by atoms with Gasteiger partial charge in [0.2, 0.25) is 0 Å². The van der Waals surface area contributed by atoms with Crippen molar-refractivity contribution in [1.29, 1.82) is 0 Å². The Kier molecular flexibility index (Phi) is 3.97. The van der Waals surface area contributed by atoms with Crippen molar-refractivity contribution >= 4 is 11.8 Å². The van der Waals surface area contributed by atoms with Gasteiger partial charge in [0.1, 0.15) is 0 Å². The zero-order chi connectivity index (χ0) is 10.7. The highest BCUT2D eigenvalue weighted by Gasteiger charge is 2.32. The zero-order valence-electron chi connectivity index (χ0n) is 10.1. The van der Waals surface area contributed by atoms with Gasteiger partial charge in [-0.05, 0) is 52.0 Å². The standard InChI is InChI=1S/C12H24N2S/c1-12(6-4-8-15-12)10-14-7-3-5-11(9-14)13-2/h11,13H,3-10H2,1-2H3. The lowest BCUT2D eigenvalue weighted by Gasteiger charge is -2.37. The van der Waals surface area contributed by atoms with E-state index in [1.165, 1.54) is 51.1 Å². The van der Waals surface area contributed by atoms with Crippen molar-refractivity contribution in [2.45, 2.75) is 43.4 Å². The Balaban J connectivity index is 1.83. The topological polar surface area (TPSA) is 15.3 Å². The quantitative estimate of drug-likeness (QED) is 0.795. The molecule has 0 aromatic heterocycles. The summed E-state index contributed by atoms with van der Waals surface area (Å²) in [5, 5.41) is 3.42. The summed E-state index contributed by atoms with van der Waals surface area (Å²) in [5.41, 5.74) is 0. The minimum Gasteiger partial charge on any atom is -0.316 e. The van der Waals surface area contributed by atoms with E-state index < -0.39 is 0 Å². The van der Waals surface area contributed by atoms with Gasteiger partial charge >= 0.3 is 0 Å². The molecule has 2 atom stereocenters. The number of rotatable bonds is 3. The third kappa shape index (κ3) is 3.11. The van der Waals surface area contributed by atoms with E-state index in [1.807, 2.05) is 0 Å². The molecule has 88 valence electrons. The van der Waals surface area contributed by atoms with Gasteiger partial charge in [0.15, 0.2) is 0 Å². The summed E-state index contributed by atoms with van der Waals surface area (Å²) >= 11 is 2.19. The fourth-order valence-electron chi connectivity index (χ4n) is 2.87. The van der Waals surface area contributed by atoms with E-state index in [9.17, 15) is 0 Å². The minimum absolute atomic E-state index is 0.551. The smallest absolute Gasteiger partial charge is 0.0259 e. The predicted octanol–water partition coefficient (Wildman–Crippen LogP) is 1.96. The van der Waals surface area contributed by atoms with Crippen LogP contribution in [0.15, 0.2) is 0 Å². The van der Waals surface area contributed by atoms with Gasteiger partial charge in [-0.2, -0.15) is 11.8 Å². The average Bonchev–Trinajstić information content (AvgIpc) is 2.65. The van der Waals surface area contributed by atoms with Crippen molar-refractivity contribution in [3.8, 4) is 0 Å². The van der Waals surface area contributed by atoms with E-state index in [0.717, 1.165) is 6.04 Å². The normalized spacial score (nSPS) is 38.4. The van der Waals surface area contributed by atoms with Gasteiger partial charge in [-0.15, -0.1) is 0 Å². The maximum absolute atomic E-state index is 3.42. The van der Waals surface area contributed by atoms with E-state index in [1.54, 1.807) is 0 Å². The lowest BCUT2D eigenvalue weighted by Crippen LogP contribution is -2.48. The molecule has 15 heavy (non-hydrogen) atoms. The molecule has 2 saturated heterocycles. The highest BCUT2D eigenvalue weighted by Crippen LogP contribution is 2.38. The fraction of sp³-hybridized carbons (Fsp3) is 1.00. The highest BCUT2D eigenvalue weighted by atomic mass is 32.2. The molecule has 0 spiro atoms. The first kappa shape index (κ1) is 11.7. The van der Waals surface area contributed by atoms with Crippen molar-refractivity contribution in [1.82, 2.24) is 10.2 Å². The average molecular weight is 228 g/mol. The molecule has 0 radical (unpaired) electrons. The predicted molar refractivity (Wildman–Crippen MR) is 68.6 cm³/mol. The molecule has 2 fully saturated rings. The zero-order valence-corrected chi connectivity index (χ0v) is 10.9. The van der Waals surface area contributed by atoms with Crippen molar-refractivity contribution in [3.05, 3.63) is 0 Å². The van der Waals surface area contributed by atoms with Crippen LogP contribution in [-0.2, 0) is 0 Å². The molecule has 0 saturated carbocycles. The van der Waals surface area contributed by atoms with E-state index in [4.69, 9.17) is 0 Å². The lowest BCUT2D eigenvalue weighted by atomic mass is 10.0. The van der Waals surface area contributed by atoms with Crippen LogP contribution in [0.5, 0.6) is 0 Å². The fourth-order valence-corrected chi connectivity index (χ4v) is 4.21. The Morgan fingerprint density at radius 2 is 2.33 bits per heavy atom. The lowest BCUT2D eigenvalue weighted by molar-refractivity contribution is 0.180. The second-order valence-corrected chi connectivity index (χ2v) is 6.95. The Morgan fingerprint density at radius 1 is 1.47 bits per heavy atom. The number of hydrogen-bond acceptors (Lipinski definition) is 3. The maximum Gasteiger partial charge on any atom is 0.0259 e. The maximum atomic E-state index is 3.42. The number of nitrogens with zero attached hydrogens (tertiary/aromatic N) is 1. The van der Waals surface area contributed by atoms with Crippen LogP contribution in [0.25, 0.3) is 0 Å². The molecule has 2 unspecified atom stereocenters. The molecule has 0 aromatic rings. The van der Waals surface area contributed by atoms with Crippen LogP contribution in [0.1, 0.15) is 32.6 Å². The molecule has 2 rings (SSSR count). The molecule has 3 heteroatoms. The molecule has 2 heterocycles. The summed E-state index contributed by atoms with van der Waals surface area (Å²) in [6, 6.07) is 0.730. The molecule has 2 aliphatic rings. The van der Waals surface area contributed by atoms with Gasteiger partial charge in [0.05, 0.1) is 0 Å². The van der Waals surface area contributed by atoms with E-state index in [0.29, 0.717) is 4.75 Å². The number of likely N-dealkylation sites (tertiary alicyclic amines) is 1. The van der Waals surface area contributed by atoms with Crippen LogP contribution in [0.4, 0.5) is 0 Å². The first-order valence-electron chi connectivity index (χ1n) is 6.25. The second-order valence-electron chi connectivity index (χ2n) is 5.26. The van der Waals surface area contributed by atoms with Gasteiger partial charge in [-0.25, -0.2) is 0 Å². The van der Waals surface area contributed by atoms with Gasteiger partial charge in [-0.1, -0.05) is 0 Å². The van der Waals surface area contributed by atoms with Gasteiger partial charge in [-0.3, -0.25) is 0 Å². The molecular formula is C12H24N2S. The summed E-state index contributed by atoms with van der Waals surface area (Å²) in [6.07, 6.45) is 5.56. The number of likely N-dealkylation sites (N-methyl/N-ethyl adjacent to an activating group) is 1. The van der Waals surface area contributed by atoms with Crippen molar-refractivity contribution in [2.24, 2.45) is 0 Å². The van der Waals surface area contributed by atoms with Crippen LogP contribution in [0, 0.1) is 0 Å². The van der Waals surface area contributed by atoms with Gasteiger partial charge in [0, 0.05) is 23.9 Å². The number of thioether (sulfide) groups is 1. The van der Waals surface area contributed by atoms with Crippen LogP contribution in [0.2, 0.25) is 0 Å². The molecule has 0 amide bonds. The molecule has 1 N–H and O–H groups in total. The molecule has 2 nitrogen and oxygen atoms in total. The summed E-state index contributed by atoms with van der Waals surface area (Å²) in [6.45, 7) is 6.32. The van der Waals surface area contributed by atoms with E-state index >= 15 is 0 Å². The Morgan fingerprint density at radius 3 is 3.00 bits per heavy atom. The second kappa shape index (κ2) is 5.07. The molecule has 2 aliphatic heterocycles. The Hall–Kier alpha value is 0.270. The van der Waals surface area contributed by atoms with Crippen molar-refractivity contribution < 1.29 is 0 Å². The summed E-state index contributed by atoms with van der Waals surface area (Å²) in [5.74, 6) is 1.37. The third-order valence-corrected chi connectivity index (χ3v) is 5.30. The molecule has 0 bridgehead atoms. The first-order valence-corrected chi connectivity index (χ1v) is 7.24. The molecule has 0 aliphatic carbocycles. The highest BCUT2D eigenvalue weighted by molar-refractivity contribution is 8.00. The van der Waals surface area contributed by atoms with Crippen LogP contribution >= 0.6 is 11.8 Å². The van der Waals surface area contributed by atoms with Gasteiger partial charge < -0.3 is 10.2 Å². The summed E-state index contributed by atoms with van der Waals surface area (Å²) < 4.78 is 0.551. The minimum atomic E-state index is 0.551. The number of hydrogen-bond donors (Lipinski definition) is 1.